The van der Waals surface area contributed by atoms with Crippen LogP contribution < -0.4 is 5.32 Å². The van der Waals surface area contributed by atoms with E-state index in [-0.39, 0.29) is 24.3 Å². The summed E-state index contributed by atoms with van der Waals surface area (Å²) in [6, 6.07) is 1.44. The number of nitrogens with zero attached hydrogens (tertiary/aromatic N) is 2. The fraction of sp³-hybridized carbons (Fsp3) is 0.533. The molecule has 0 spiro atoms. The van der Waals surface area contributed by atoms with Crippen LogP contribution in [0.3, 0.4) is 0 Å². The summed E-state index contributed by atoms with van der Waals surface area (Å²) < 4.78 is 0.793. The Balaban J connectivity index is 1.72. The van der Waals surface area contributed by atoms with Crippen LogP contribution >= 0.6 is 15.9 Å². The third kappa shape index (κ3) is 2.95. The molecule has 1 saturated heterocycles. The molecule has 1 aromatic rings. The highest BCUT2D eigenvalue weighted by Gasteiger charge is 2.42. The van der Waals surface area contributed by atoms with Crippen molar-refractivity contribution in [3.8, 4) is 0 Å². The van der Waals surface area contributed by atoms with Crippen LogP contribution in [0.25, 0.3) is 0 Å². The van der Waals surface area contributed by atoms with Gasteiger partial charge < -0.3 is 5.32 Å². The number of carbonyl (C=O) groups excluding carboxylic acids is 2. The van der Waals surface area contributed by atoms with Crippen molar-refractivity contribution in [2.75, 3.05) is 5.32 Å². The summed E-state index contributed by atoms with van der Waals surface area (Å²) in [5.41, 5.74) is 0.793. The number of rotatable bonds is 3. The molecule has 1 unspecified atom stereocenters. The molecule has 1 aliphatic heterocycles. The Bertz CT molecular complexity index is 558. The second-order valence-corrected chi connectivity index (χ2v) is 6.50. The van der Waals surface area contributed by atoms with Crippen molar-refractivity contribution in [1.29, 1.82) is 0 Å². The van der Waals surface area contributed by atoms with Gasteiger partial charge >= 0.3 is 0 Å². The molecule has 2 fully saturated rings. The van der Waals surface area contributed by atoms with Crippen molar-refractivity contribution in [3.63, 3.8) is 0 Å². The second-order valence-electron chi connectivity index (χ2n) is 5.65. The number of aromatic nitrogens is 1. The largest absolute Gasteiger partial charge is 0.372 e. The molecule has 1 aromatic heterocycles. The fourth-order valence-electron chi connectivity index (χ4n) is 3.17. The van der Waals surface area contributed by atoms with E-state index in [0.29, 0.717) is 0 Å². The lowest BCUT2D eigenvalue weighted by molar-refractivity contribution is -0.141. The van der Waals surface area contributed by atoms with Gasteiger partial charge in [0.25, 0.3) is 5.91 Å². The Kier molecular flexibility index (Phi) is 4.24. The summed E-state index contributed by atoms with van der Waals surface area (Å²) in [5.74, 6) is -0.134. The van der Waals surface area contributed by atoms with Gasteiger partial charge in [0.05, 0.1) is 16.6 Å². The lowest BCUT2D eigenvalue weighted by atomic mass is 9.94. The number of nitrogens with one attached hydrogen (secondary N) is 1. The maximum atomic E-state index is 12.5. The Morgan fingerprint density at radius 1 is 1.24 bits per heavy atom. The van der Waals surface area contributed by atoms with E-state index in [9.17, 15) is 9.59 Å². The van der Waals surface area contributed by atoms with E-state index in [1.54, 1.807) is 18.5 Å². The van der Waals surface area contributed by atoms with E-state index in [2.05, 4.69) is 26.2 Å². The van der Waals surface area contributed by atoms with Crippen molar-refractivity contribution in [2.24, 2.45) is 0 Å². The van der Waals surface area contributed by atoms with E-state index in [4.69, 9.17) is 0 Å². The lowest BCUT2D eigenvalue weighted by Gasteiger charge is -2.29. The minimum absolute atomic E-state index is 0.0467. The average molecular weight is 352 g/mol. The van der Waals surface area contributed by atoms with Crippen molar-refractivity contribution in [3.05, 3.63) is 22.9 Å². The van der Waals surface area contributed by atoms with Crippen LogP contribution in [0.15, 0.2) is 22.9 Å². The molecule has 1 N–H and O–H groups in total. The molecule has 0 aromatic carbocycles. The molecule has 0 bridgehead atoms. The number of hydrogen-bond donors (Lipinski definition) is 1. The van der Waals surface area contributed by atoms with Crippen LogP contribution in [0.5, 0.6) is 0 Å². The van der Waals surface area contributed by atoms with Crippen molar-refractivity contribution >= 4 is 33.4 Å². The number of halogens is 1. The Hall–Kier alpha value is -1.43. The third-order valence-electron chi connectivity index (χ3n) is 4.22. The topological polar surface area (TPSA) is 62.3 Å². The monoisotopic (exact) mass is 351 g/mol. The van der Waals surface area contributed by atoms with E-state index in [0.717, 1.165) is 35.8 Å². The Morgan fingerprint density at radius 2 is 2.00 bits per heavy atom. The molecule has 2 heterocycles. The highest BCUT2D eigenvalue weighted by molar-refractivity contribution is 9.10. The van der Waals surface area contributed by atoms with Crippen LogP contribution in [0, 0.1) is 0 Å². The van der Waals surface area contributed by atoms with E-state index in [1.165, 1.54) is 11.3 Å². The van der Waals surface area contributed by atoms with Gasteiger partial charge in [-0.1, -0.05) is 19.3 Å². The zero-order chi connectivity index (χ0) is 14.8. The highest BCUT2D eigenvalue weighted by atomic mass is 79.9. The number of pyridine rings is 1. The SMILES string of the molecule is O=C1CC(Nc2ccncc2Br)C(=O)N1C1CCCCC1. The van der Waals surface area contributed by atoms with Gasteiger partial charge in [0.2, 0.25) is 5.91 Å². The van der Waals surface area contributed by atoms with Gasteiger partial charge in [-0.25, -0.2) is 0 Å². The number of anilines is 1. The summed E-state index contributed by atoms with van der Waals surface area (Å²) in [4.78, 5) is 30.3. The van der Waals surface area contributed by atoms with Gasteiger partial charge in [0, 0.05) is 18.4 Å². The van der Waals surface area contributed by atoms with Crippen molar-refractivity contribution in [2.45, 2.75) is 50.6 Å². The van der Waals surface area contributed by atoms with Crippen LogP contribution in [0.2, 0.25) is 0 Å². The molecular formula is C15H18BrN3O2. The standard InChI is InChI=1S/C15H18BrN3O2/c16-11-9-17-7-6-12(11)18-13-8-14(20)19(15(13)21)10-4-2-1-3-5-10/h6-7,9-10,13H,1-5,8H2,(H,17,18). The van der Waals surface area contributed by atoms with E-state index in [1.807, 2.05) is 0 Å². The predicted octanol–water partition coefficient (Wildman–Crippen LogP) is 2.72. The van der Waals surface area contributed by atoms with Crippen LogP contribution in [0.4, 0.5) is 5.69 Å². The average Bonchev–Trinajstić information content (AvgIpc) is 2.77. The first-order chi connectivity index (χ1) is 10.2. The number of amides is 2. The molecule has 21 heavy (non-hydrogen) atoms. The number of carbonyl (C=O) groups is 2. The van der Waals surface area contributed by atoms with Crippen LogP contribution in [-0.4, -0.2) is 33.8 Å². The van der Waals surface area contributed by atoms with E-state index >= 15 is 0 Å². The third-order valence-corrected chi connectivity index (χ3v) is 4.86. The molecule has 2 aliphatic rings. The number of hydrogen-bond acceptors (Lipinski definition) is 4. The highest BCUT2D eigenvalue weighted by Crippen LogP contribution is 2.29. The van der Waals surface area contributed by atoms with Gasteiger partial charge in [-0.15, -0.1) is 0 Å². The molecule has 0 radical (unpaired) electrons. The fourth-order valence-corrected chi connectivity index (χ4v) is 3.53. The second kappa shape index (κ2) is 6.13. The minimum Gasteiger partial charge on any atom is -0.372 e. The summed E-state index contributed by atoms with van der Waals surface area (Å²) in [6.45, 7) is 0. The summed E-state index contributed by atoms with van der Waals surface area (Å²) >= 11 is 3.40. The van der Waals surface area contributed by atoms with Gasteiger partial charge in [-0.3, -0.25) is 19.5 Å². The maximum absolute atomic E-state index is 12.5. The molecule has 1 aliphatic carbocycles. The molecule has 1 saturated carbocycles. The van der Waals surface area contributed by atoms with E-state index < -0.39 is 6.04 Å². The lowest BCUT2D eigenvalue weighted by Crippen LogP contribution is -2.43. The molecule has 2 amide bonds. The summed E-state index contributed by atoms with van der Waals surface area (Å²) in [6.07, 6.45) is 8.88. The molecular weight excluding hydrogens is 334 g/mol. The number of likely N-dealkylation sites (tertiary alicyclic amines) is 1. The normalized spacial score (nSPS) is 23.7. The minimum atomic E-state index is -0.460. The van der Waals surface area contributed by atoms with Gasteiger partial charge in [-0.2, -0.15) is 0 Å². The first-order valence-electron chi connectivity index (χ1n) is 7.39. The zero-order valence-corrected chi connectivity index (χ0v) is 13.3. The smallest absolute Gasteiger partial charge is 0.252 e. The van der Waals surface area contributed by atoms with Gasteiger partial charge in [-0.05, 0) is 34.8 Å². The molecule has 1 atom stereocenters. The van der Waals surface area contributed by atoms with Crippen LogP contribution in [0.1, 0.15) is 38.5 Å². The molecule has 5 nitrogen and oxygen atoms in total. The zero-order valence-electron chi connectivity index (χ0n) is 11.7. The quantitative estimate of drug-likeness (QED) is 0.850. The van der Waals surface area contributed by atoms with Crippen molar-refractivity contribution < 1.29 is 9.59 Å². The van der Waals surface area contributed by atoms with Gasteiger partial charge in [0.1, 0.15) is 6.04 Å². The number of imide groups is 1. The van der Waals surface area contributed by atoms with Crippen LogP contribution in [-0.2, 0) is 9.59 Å². The molecule has 3 rings (SSSR count). The Morgan fingerprint density at radius 3 is 2.71 bits per heavy atom. The molecule has 6 heteroatoms. The summed E-state index contributed by atoms with van der Waals surface area (Å²) in [5, 5.41) is 3.16. The first kappa shape index (κ1) is 14.5. The Labute approximate surface area is 132 Å². The van der Waals surface area contributed by atoms with Crippen molar-refractivity contribution in [1.82, 2.24) is 9.88 Å². The van der Waals surface area contributed by atoms with Gasteiger partial charge in [0.15, 0.2) is 0 Å². The predicted molar refractivity (Wildman–Crippen MR) is 82.7 cm³/mol. The molecule has 112 valence electrons. The maximum Gasteiger partial charge on any atom is 0.252 e. The summed E-state index contributed by atoms with van der Waals surface area (Å²) in [7, 11) is 0. The first-order valence-corrected chi connectivity index (χ1v) is 8.18.